The van der Waals surface area contributed by atoms with E-state index in [1.165, 1.54) is 0 Å². The quantitative estimate of drug-likeness (QED) is 0.912. The number of amides is 1. The van der Waals surface area contributed by atoms with E-state index in [2.05, 4.69) is 5.32 Å². The minimum absolute atomic E-state index is 0.0579. The smallest absolute Gasteiger partial charge is 0.232 e. The predicted molar refractivity (Wildman–Crippen MR) is 84.1 cm³/mol. The number of hydrogen-bond donors (Lipinski definition) is 2. The van der Waals surface area contributed by atoms with Crippen molar-refractivity contribution in [3.05, 3.63) is 59.7 Å². The molecule has 0 saturated carbocycles. The molecule has 22 heavy (non-hydrogen) atoms. The van der Waals surface area contributed by atoms with Gasteiger partial charge in [-0.3, -0.25) is 4.79 Å². The Morgan fingerprint density at radius 3 is 2.23 bits per heavy atom. The van der Waals surface area contributed by atoms with Crippen LogP contribution in [-0.4, -0.2) is 23.7 Å². The molecule has 3 rings (SSSR count). The lowest BCUT2D eigenvalue weighted by Crippen LogP contribution is -2.38. The lowest BCUT2D eigenvalue weighted by molar-refractivity contribution is -0.122. The minimum atomic E-state index is -0.387. The predicted octanol–water partition coefficient (Wildman–Crippen LogP) is 2.81. The number of rotatable bonds is 4. The third-order valence-corrected chi connectivity index (χ3v) is 3.89. The molecule has 1 aliphatic rings. The summed E-state index contributed by atoms with van der Waals surface area (Å²) in [6.45, 7) is 1.95. The first kappa shape index (κ1) is 14.6. The van der Waals surface area contributed by atoms with Crippen LogP contribution in [0.2, 0.25) is 0 Å². The highest BCUT2D eigenvalue weighted by Crippen LogP contribution is 2.43. The van der Waals surface area contributed by atoms with Crippen molar-refractivity contribution < 1.29 is 14.6 Å². The number of nitrogens with one attached hydrogen (secondary N) is 1. The van der Waals surface area contributed by atoms with Crippen LogP contribution in [0.4, 0.5) is 0 Å². The van der Waals surface area contributed by atoms with Gasteiger partial charge in [0.25, 0.3) is 0 Å². The van der Waals surface area contributed by atoms with Gasteiger partial charge in [-0.25, -0.2) is 0 Å². The monoisotopic (exact) mass is 297 g/mol. The Hall–Kier alpha value is -2.33. The molecule has 1 aliphatic heterocycles. The summed E-state index contributed by atoms with van der Waals surface area (Å²) in [5.41, 5.74) is 1.74. The number of para-hydroxylation sites is 2. The van der Waals surface area contributed by atoms with Crippen molar-refractivity contribution in [2.24, 2.45) is 0 Å². The molecular weight excluding hydrogens is 278 g/mol. The van der Waals surface area contributed by atoms with Gasteiger partial charge in [0.2, 0.25) is 5.91 Å². The van der Waals surface area contributed by atoms with Crippen LogP contribution in [0.3, 0.4) is 0 Å². The molecule has 2 N–H and O–H groups in total. The fraction of sp³-hybridized carbons (Fsp3) is 0.278. The Labute approximate surface area is 129 Å². The van der Waals surface area contributed by atoms with Crippen LogP contribution >= 0.6 is 0 Å². The van der Waals surface area contributed by atoms with Crippen LogP contribution < -0.4 is 10.1 Å². The Kier molecular flexibility index (Phi) is 4.11. The van der Waals surface area contributed by atoms with Crippen molar-refractivity contribution in [3.63, 3.8) is 0 Å². The number of hydrogen-bond acceptors (Lipinski definition) is 3. The zero-order chi connectivity index (χ0) is 15.5. The average molecular weight is 297 g/mol. The molecular formula is C18H19NO3. The van der Waals surface area contributed by atoms with Crippen molar-refractivity contribution in [2.45, 2.75) is 25.3 Å². The van der Waals surface area contributed by atoms with E-state index in [9.17, 15) is 4.79 Å². The second-order valence-corrected chi connectivity index (χ2v) is 5.53. The van der Waals surface area contributed by atoms with Crippen molar-refractivity contribution in [2.75, 3.05) is 6.61 Å². The average Bonchev–Trinajstić information content (AvgIpc) is 2.52. The molecule has 4 nitrogen and oxygen atoms in total. The van der Waals surface area contributed by atoms with E-state index in [4.69, 9.17) is 9.84 Å². The topological polar surface area (TPSA) is 58.6 Å². The van der Waals surface area contributed by atoms with Gasteiger partial charge in [-0.1, -0.05) is 36.4 Å². The van der Waals surface area contributed by atoms with Crippen molar-refractivity contribution in [1.82, 2.24) is 5.32 Å². The first-order valence-electron chi connectivity index (χ1n) is 7.47. The summed E-state index contributed by atoms with van der Waals surface area (Å²) in [7, 11) is 0. The molecule has 1 amide bonds. The molecule has 1 heterocycles. The second kappa shape index (κ2) is 6.20. The third-order valence-electron chi connectivity index (χ3n) is 3.89. The van der Waals surface area contributed by atoms with Gasteiger partial charge in [-0.15, -0.1) is 0 Å². The minimum Gasteiger partial charge on any atom is -0.457 e. The highest BCUT2D eigenvalue weighted by Gasteiger charge is 2.32. The number of aliphatic hydroxyl groups excluding tert-OH is 1. The summed E-state index contributed by atoms with van der Waals surface area (Å²) < 4.78 is 5.89. The summed E-state index contributed by atoms with van der Waals surface area (Å²) in [5, 5.41) is 12.0. The first-order valence-corrected chi connectivity index (χ1v) is 7.47. The van der Waals surface area contributed by atoms with Gasteiger partial charge in [0.15, 0.2) is 0 Å². The third kappa shape index (κ3) is 2.70. The van der Waals surface area contributed by atoms with E-state index in [0.717, 1.165) is 22.6 Å². The number of aliphatic hydroxyl groups is 1. The van der Waals surface area contributed by atoms with E-state index in [1.54, 1.807) is 0 Å². The molecule has 114 valence electrons. The van der Waals surface area contributed by atoms with Crippen LogP contribution in [0.15, 0.2) is 48.5 Å². The fourth-order valence-corrected chi connectivity index (χ4v) is 2.78. The maximum absolute atomic E-state index is 12.8. The van der Waals surface area contributed by atoms with Crippen LogP contribution in [0.25, 0.3) is 0 Å². The van der Waals surface area contributed by atoms with Crippen molar-refractivity contribution in [3.8, 4) is 11.5 Å². The number of benzene rings is 2. The number of fused-ring (bicyclic) bond motifs is 2. The Bertz CT molecular complexity index is 638. The SMILES string of the molecule is CC(CCO)NC(=O)C1c2ccccc2Oc2ccccc21. The van der Waals surface area contributed by atoms with Crippen molar-refractivity contribution >= 4 is 5.91 Å². The number of carbonyl (C=O) groups excluding carboxylic acids is 1. The largest absolute Gasteiger partial charge is 0.457 e. The van der Waals surface area contributed by atoms with Crippen LogP contribution in [-0.2, 0) is 4.79 Å². The normalized spacial score (nSPS) is 14.5. The molecule has 0 aromatic heterocycles. The molecule has 0 fully saturated rings. The zero-order valence-electron chi connectivity index (χ0n) is 12.5. The van der Waals surface area contributed by atoms with Gasteiger partial charge in [0, 0.05) is 23.8 Å². The van der Waals surface area contributed by atoms with Crippen molar-refractivity contribution in [1.29, 1.82) is 0 Å². The summed E-state index contributed by atoms with van der Waals surface area (Å²) in [6, 6.07) is 15.1. The lowest BCUT2D eigenvalue weighted by atomic mass is 9.87. The fourth-order valence-electron chi connectivity index (χ4n) is 2.78. The van der Waals surface area contributed by atoms with E-state index in [0.29, 0.717) is 6.42 Å². The zero-order valence-corrected chi connectivity index (χ0v) is 12.5. The molecule has 1 atom stereocenters. The van der Waals surface area contributed by atoms with Gasteiger partial charge in [0.05, 0.1) is 5.92 Å². The summed E-state index contributed by atoms with van der Waals surface area (Å²) in [4.78, 5) is 12.8. The molecule has 2 aromatic rings. The lowest BCUT2D eigenvalue weighted by Gasteiger charge is -2.28. The van der Waals surface area contributed by atoms with Gasteiger partial charge >= 0.3 is 0 Å². The highest BCUT2D eigenvalue weighted by molar-refractivity contribution is 5.89. The molecule has 2 aromatic carbocycles. The van der Waals surface area contributed by atoms with E-state index in [-0.39, 0.29) is 24.5 Å². The number of carbonyl (C=O) groups is 1. The molecule has 1 unspecified atom stereocenters. The maximum Gasteiger partial charge on any atom is 0.232 e. The summed E-state index contributed by atoms with van der Waals surface area (Å²) in [6.07, 6.45) is 0.540. The Balaban J connectivity index is 1.97. The second-order valence-electron chi connectivity index (χ2n) is 5.53. The molecule has 4 heteroatoms. The highest BCUT2D eigenvalue weighted by atomic mass is 16.5. The molecule has 0 saturated heterocycles. The molecule has 0 spiro atoms. The maximum atomic E-state index is 12.8. The van der Waals surface area contributed by atoms with Gasteiger partial charge < -0.3 is 15.2 Å². The van der Waals surface area contributed by atoms with E-state index < -0.39 is 0 Å². The number of ether oxygens (including phenoxy) is 1. The van der Waals surface area contributed by atoms with E-state index in [1.807, 2.05) is 55.5 Å². The Morgan fingerprint density at radius 2 is 1.68 bits per heavy atom. The summed E-state index contributed by atoms with van der Waals surface area (Å²) >= 11 is 0. The standard InChI is InChI=1S/C18H19NO3/c1-12(10-11-20)19-18(21)17-13-6-2-4-8-15(13)22-16-9-5-3-7-14(16)17/h2-9,12,17,20H,10-11H2,1H3,(H,19,21). The molecule has 0 aliphatic carbocycles. The Morgan fingerprint density at radius 1 is 1.14 bits per heavy atom. The first-order chi connectivity index (χ1) is 10.7. The van der Waals surface area contributed by atoms with Crippen LogP contribution in [0, 0.1) is 0 Å². The summed E-state index contributed by atoms with van der Waals surface area (Å²) in [5.74, 6) is 0.985. The van der Waals surface area contributed by atoms with Gasteiger partial charge in [0.1, 0.15) is 11.5 Å². The van der Waals surface area contributed by atoms with Crippen LogP contribution in [0.1, 0.15) is 30.4 Å². The van der Waals surface area contributed by atoms with Gasteiger partial charge in [-0.05, 0) is 25.5 Å². The molecule has 0 radical (unpaired) electrons. The van der Waals surface area contributed by atoms with E-state index >= 15 is 0 Å². The molecule has 0 bridgehead atoms. The van der Waals surface area contributed by atoms with Gasteiger partial charge in [-0.2, -0.15) is 0 Å². The van der Waals surface area contributed by atoms with Crippen LogP contribution in [0.5, 0.6) is 11.5 Å².